The lowest BCUT2D eigenvalue weighted by atomic mass is 9.92. The second-order valence-electron chi connectivity index (χ2n) is 4.95. The van der Waals surface area contributed by atoms with Crippen LogP contribution in [0.25, 0.3) is 0 Å². The number of rotatable bonds is 1. The van der Waals surface area contributed by atoms with Gasteiger partial charge < -0.3 is 4.90 Å². The molecule has 0 unspecified atom stereocenters. The summed E-state index contributed by atoms with van der Waals surface area (Å²) in [4.78, 5) is 2.62. The smallest absolute Gasteiger partial charge is 0.000711 e. The molecule has 0 amide bonds. The van der Waals surface area contributed by atoms with Crippen molar-refractivity contribution in [2.75, 3.05) is 19.6 Å². The van der Waals surface area contributed by atoms with Crippen molar-refractivity contribution in [1.29, 1.82) is 0 Å². The van der Waals surface area contributed by atoms with Crippen LogP contribution in [-0.2, 0) is 0 Å². The molecule has 1 nitrogen and oxygen atoms in total. The maximum atomic E-state index is 2.62. The van der Waals surface area contributed by atoms with Gasteiger partial charge in [0, 0.05) is 6.54 Å². The normalized spacial score (nSPS) is 35.0. The highest BCUT2D eigenvalue weighted by Crippen LogP contribution is 2.54. The topological polar surface area (TPSA) is 3.24 Å². The van der Waals surface area contributed by atoms with E-state index >= 15 is 0 Å². The van der Waals surface area contributed by atoms with Gasteiger partial charge in [0.1, 0.15) is 0 Å². The van der Waals surface area contributed by atoms with E-state index in [0.717, 1.165) is 11.3 Å². The Bertz CT molecular complexity index is 160. The quantitative estimate of drug-likeness (QED) is 0.580. The van der Waals surface area contributed by atoms with Crippen LogP contribution in [-0.4, -0.2) is 24.5 Å². The Hall–Kier alpha value is -0.0400. The lowest BCUT2D eigenvalue weighted by Crippen LogP contribution is -2.27. The summed E-state index contributed by atoms with van der Waals surface area (Å²) in [5.41, 5.74) is 0.823. The van der Waals surface area contributed by atoms with Crippen LogP contribution in [0.2, 0.25) is 0 Å². The molecule has 1 aliphatic carbocycles. The number of hydrogen-bond donors (Lipinski definition) is 0. The molecule has 1 spiro atoms. The summed E-state index contributed by atoms with van der Waals surface area (Å²) in [6, 6.07) is 0. The fourth-order valence-corrected chi connectivity index (χ4v) is 2.75. The summed E-state index contributed by atoms with van der Waals surface area (Å²) in [5.74, 6) is 0.940. The minimum atomic E-state index is 0.823. The van der Waals surface area contributed by atoms with Crippen molar-refractivity contribution in [3.8, 4) is 0 Å². The van der Waals surface area contributed by atoms with Crippen LogP contribution in [0.3, 0.4) is 0 Å². The standard InChI is InChI=1S/C11H21N/c1-3-12-7-6-11(4-5-11)8-10(2)9-12/h10H,3-9H2,1-2H3/t10-/m1/s1. The van der Waals surface area contributed by atoms with E-state index in [1.54, 1.807) is 0 Å². The van der Waals surface area contributed by atoms with Crippen LogP contribution < -0.4 is 0 Å². The van der Waals surface area contributed by atoms with Crippen LogP contribution in [0.4, 0.5) is 0 Å². The van der Waals surface area contributed by atoms with Gasteiger partial charge in [-0.15, -0.1) is 0 Å². The third kappa shape index (κ3) is 1.66. The average Bonchev–Trinajstić information content (AvgIpc) is 2.80. The van der Waals surface area contributed by atoms with Gasteiger partial charge in [-0.1, -0.05) is 13.8 Å². The molecule has 0 bridgehead atoms. The molecule has 0 aromatic carbocycles. The Balaban J connectivity index is 1.95. The summed E-state index contributed by atoms with van der Waals surface area (Å²) in [6.07, 6.45) is 6.03. The first-order chi connectivity index (χ1) is 5.74. The number of hydrogen-bond acceptors (Lipinski definition) is 1. The molecular weight excluding hydrogens is 146 g/mol. The van der Waals surface area contributed by atoms with Crippen molar-refractivity contribution in [1.82, 2.24) is 4.90 Å². The second kappa shape index (κ2) is 3.02. The zero-order valence-corrected chi connectivity index (χ0v) is 8.47. The molecule has 0 radical (unpaired) electrons. The van der Waals surface area contributed by atoms with Gasteiger partial charge in [-0.2, -0.15) is 0 Å². The first-order valence-corrected chi connectivity index (χ1v) is 5.46. The molecule has 1 heteroatoms. The lowest BCUT2D eigenvalue weighted by molar-refractivity contribution is 0.269. The Labute approximate surface area is 76.1 Å². The van der Waals surface area contributed by atoms with Crippen molar-refractivity contribution in [3.63, 3.8) is 0 Å². The van der Waals surface area contributed by atoms with Crippen molar-refractivity contribution in [3.05, 3.63) is 0 Å². The molecule has 1 heterocycles. The van der Waals surface area contributed by atoms with Gasteiger partial charge in [-0.3, -0.25) is 0 Å². The molecule has 1 aliphatic heterocycles. The maximum Gasteiger partial charge on any atom is 0.000711 e. The molecule has 2 aliphatic rings. The Morgan fingerprint density at radius 2 is 2.08 bits per heavy atom. The first kappa shape index (κ1) is 8.55. The van der Waals surface area contributed by atoms with E-state index in [9.17, 15) is 0 Å². The van der Waals surface area contributed by atoms with Gasteiger partial charge in [-0.25, -0.2) is 0 Å². The van der Waals surface area contributed by atoms with E-state index < -0.39 is 0 Å². The Morgan fingerprint density at radius 3 is 2.67 bits per heavy atom. The molecular formula is C11H21N. The molecule has 1 saturated carbocycles. The zero-order valence-electron chi connectivity index (χ0n) is 8.47. The summed E-state index contributed by atoms with van der Waals surface area (Å²) < 4.78 is 0. The summed E-state index contributed by atoms with van der Waals surface area (Å²) in [5, 5.41) is 0. The third-order valence-corrected chi connectivity index (χ3v) is 3.71. The highest BCUT2D eigenvalue weighted by Gasteiger charge is 2.44. The van der Waals surface area contributed by atoms with Gasteiger partial charge in [0.05, 0.1) is 0 Å². The van der Waals surface area contributed by atoms with Gasteiger partial charge in [-0.05, 0) is 50.1 Å². The predicted molar refractivity (Wildman–Crippen MR) is 52.2 cm³/mol. The van der Waals surface area contributed by atoms with Crippen LogP contribution in [0.5, 0.6) is 0 Å². The number of nitrogens with zero attached hydrogens (tertiary/aromatic N) is 1. The summed E-state index contributed by atoms with van der Waals surface area (Å²) in [7, 11) is 0. The maximum absolute atomic E-state index is 2.62. The summed E-state index contributed by atoms with van der Waals surface area (Å²) in [6.45, 7) is 8.67. The molecule has 2 rings (SSSR count). The van der Waals surface area contributed by atoms with Gasteiger partial charge in [0.15, 0.2) is 0 Å². The SMILES string of the molecule is CCN1CCC2(CC2)C[C@@H](C)C1. The minimum absolute atomic E-state index is 0.823. The molecule has 2 fully saturated rings. The van der Waals surface area contributed by atoms with Crippen LogP contribution in [0, 0.1) is 11.3 Å². The molecule has 70 valence electrons. The number of likely N-dealkylation sites (tertiary alicyclic amines) is 1. The van der Waals surface area contributed by atoms with E-state index in [1.165, 1.54) is 45.3 Å². The highest BCUT2D eigenvalue weighted by molar-refractivity contribution is 4.96. The van der Waals surface area contributed by atoms with Crippen molar-refractivity contribution in [2.24, 2.45) is 11.3 Å². The highest BCUT2D eigenvalue weighted by atomic mass is 15.1. The molecule has 12 heavy (non-hydrogen) atoms. The Morgan fingerprint density at radius 1 is 1.33 bits per heavy atom. The molecule has 0 aromatic rings. The van der Waals surface area contributed by atoms with Crippen LogP contribution in [0.1, 0.15) is 39.5 Å². The lowest BCUT2D eigenvalue weighted by Gasteiger charge is -2.19. The van der Waals surface area contributed by atoms with Crippen LogP contribution in [0.15, 0.2) is 0 Å². The van der Waals surface area contributed by atoms with Gasteiger partial charge in [0.2, 0.25) is 0 Å². The fourth-order valence-electron chi connectivity index (χ4n) is 2.75. The van der Waals surface area contributed by atoms with Crippen LogP contribution >= 0.6 is 0 Å². The fraction of sp³-hybridized carbons (Fsp3) is 1.00. The first-order valence-electron chi connectivity index (χ1n) is 5.46. The molecule has 0 N–H and O–H groups in total. The minimum Gasteiger partial charge on any atom is -0.303 e. The Kier molecular flexibility index (Phi) is 2.16. The average molecular weight is 167 g/mol. The van der Waals surface area contributed by atoms with E-state index in [2.05, 4.69) is 18.7 Å². The van der Waals surface area contributed by atoms with Crippen molar-refractivity contribution in [2.45, 2.75) is 39.5 Å². The largest absolute Gasteiger partial charge is 0.303 e. The molecule has 1 atom stereocenters. The molecule has 0 aromatic heterocycles. The van der Waals surface area contributed by atoms with E-state index in [1.807, 2.05) is 0 Å². The second-order valence-corrected chi connectivity index (χ2v) is 4.95. The monoisotopic (exact) mass is 167 g/mol. The van der Waals surface area contributed by atoms with Crippen molar-refractivity contribution < 1.29 is 0 Å². The molecule has 1 saturated heterocycles. The summed E-state index contributed by atoms with van der Waals surface area (Å²) >= 11 is 0. The third-order valence-electron chi connectivity index (χ3n) is 3.71. The van der Waals surface area contributed by atoms with Gasteiger partial charge >= 0.3 is 0 Å². The zero-order chi connectivity index (χ0) is 8.60. The van der Waals surface area contributed by atoms with E-state index in [4.69, 9.17) is 0 Å². The van der Waals surface area contributed by atoms with E-state index in [0.29, 0.717) is 0 Å². The van der Waals surface area contributed by atoms with Crippen molar-refractivity contribution >= 4 is 0 Å². The van der Waals surface area contributed by atoms with Gasteiger partial charge in [0.25, 0.3) is 0 Å². The predicted octanol–water partition coefficient (Wildman–Crippen LogP) is 2.52. The van der Waals surface area contributed by atoms with E-state index in [-0.39, 0.29) is 0 Å².